The Morgan fingerprint density at radius 1 is 1.00 bits per heavy atom. The van der Waals surface area contributed by atoms with Crippen LogP contribution in [-0.4, -0.2) is 40.8 Å². The zero-order chi connectivity index (χ0) is 19.5. The molecule has 1 amide bonds. The molecule has 0 N–H and O–H groups in total. The lowest BCUT2D eigenvalue weighted by Crippen LogP contribution is -2.45. The number of amides is 1. The first-order valence-electron chi connectivity index (χ1n) is 9.21. The van der Waals surface area contributed by atoms with Crippen molar-refractivity contribution < 1.29 is 19.1 Å². The molecule has 1 aliphatic heterocycles. The monoisotopic (exact) mass is 361 g/mol. The van der Waals surface area contributed by atoms with Gasteiger partial charge in [0.25, 0.3) is 0 Å². The van der Waals surface area contributed by atoms with Crippen molar-refractivity contribution in [2.75, 3.05) is 6.54 Å². The Hall–Kier alpha value is -2.04. The molecule has 1 heterocycles. The van der Waals surface area contributed by atoms with E-state index in [0.29, 0.717) is 13.0 Å². The fraction of sp³-hybridized carbons (Fsp3) is 0.619. The van der Waals surface area contributed by atoms with Crippen LogP contribution in [0.3, 0.4) is 0 Å². The van der Waals surface area contributed by atoms with Gasteiger partial charge in [0.15, 0.2) is 0 Å². The van der Waals surface area contributed by atoms with Crippen LogP contribution in [0.25, 0.3) is 0 Å². The minimum atomic E-state index is -0.604. The third-order valence-electron chi connectivity index (χ3n) is 4.06. The fourth-order valence-electron chi connectivity index (χ4n) is 3.13. The molecule has 2 atom stereocenters. The normalized spacial score (nSPS) is 20.8. The molecule has 1 aliphatic rings. The molecule has 0 aliphatic carbocycles. The summed E-state index contributed by atoms with van der Waals surface area (Å²) in [6.45, 7) is 11.5. The SMILES string of the molecule is CC(C)(C)OC(=O)[C@@H]1C[C@H](Cc2ccccc2)CN1C(=O)OC(C)(C)C. The van der Waals surface area contributed by atoms with Crippen LogP contribution in [-0.2, 0) is 20.7 Å². The van der Waals surface area contributed by atoms with Crippen molar-refractivity contribution in [2.45, 2.75) is 71.6 Å². The maximum Gasteiger partial charge on any atom is 0.411 e. The first-order chi connectivity index (χ1) is 11.9. The zero-order valence-corrected chi connectivity index (χ0v) is 16.7. The van der Waals surface area contributed by atoms with E-state index in [2.05, 4.69) is 12.1 Å². The summed E-state index contributed by atoms with van der Waals surface area (Å²) < 4.78 is 11.1. The summed E-state index contributed by atoms with van der Waals surface area (Å²) in [5.74, 6) is -0.165. The van der Waals surface area contributed by atoms with Crippen LogP contribution in [0.1, 0.15) is 53.5 Å². The highest BCUT2D eigenvalue weighted by atomic mass is 16.6. The smallest absolute Gasteiger partial charge is 0.411 e. The number of hydrogen-bond donors (Lipinski definition) is 0. The minimum Gasteiger partial charge on any atom is -0.458 e. The predicted octanol–water partition coefficient (Wildman–Crippen LogP) is 4.20. The molecular formula is C21H31NO4. The molecule has 0 radical (unpaired) electrons. The Morgan fingerprint density at radius 2 is 1.58 bits per heavy atom. The van der Waals surface area contributed by atoms with E-state index in [4.69, 9.17) is 9.47 Å². The van der Waals surface area contributed by atoms with Gasteiger partial charge >= 0.3 is 12.1 Å². The van der Waals surface area contributed by atoms with Gasteiger partial charge in [-0.05, 0) is 65.9 Å². The van der Waals surface area contributed by atoms with E-state index in [-0.39, 0.29) is 11.9 Å². The number of ether oxygens (including phenoxy) is 2. The Kier molecular flexibility index (Phi) is 5.99. The van der Waals surface area contributed by atoms with Gasteiger partial charge in [-0.15, -0.1) is 0 Å². The van der Waals surface area contributed by atoms with Crippen LogP contribution in [0.2, 0.25) is 0 Å². The van der Waals surface area contributed by atoms with Crippen molar-refractivity contribution in [1.82, 2.24) is 4.90 Å². The lowest BCUT2D eigenvalue weighted by molar-refractivity contribution is -0.160. The maximum atomic E-state index is 12.7. The van der Waals surface area contributed by atoms with E-state index in [1.165, 1.54) is 10.5 Å². The number of likely N-dealkylation sites (tertiary alicyclic amines) is 1. The molecule has 1 aromatic rings. The molecule has 0 saturated carbocycles. The second-order valence-corrected chi connectivity index (χ2v) is 8.97. The van der Waals surface area contributed by atoms with E-state index in [1.807, 2.05) is 59.7 Å². The van der Waals surface area contributed by atoms with Gasteiger partial charge in [-0.2, -0.15) is 0 Å². The van der Waals surface area contributed by atoms with Crippen LogP contribution < -0.4 is 0 Å². The summed E-state index contributed by atoms with van der Waals surface area (Å²) in [7, 11) is 0. The van der Waals surface area contributed by atoms with E-state index in [0.717, 1.165) is 6.42 Å². The molecular weight excluding hydrogens is 330 g/mol. The Labute approximate surface area is 156 Å². The van der Waals surface area contributed by atoms with E-state index >= 15 is 0 Å². The minimum absolute atomic E-state index is 0.197. The van der Waals surface area contributed by atoms with Crippen molar-refractivity contribution in [3.63, 3.8) is 0 Å². The molecule has 0 unspecified atom stereocenters. The lowest BCUT2D eigenvalue weighted by Gasteiger charge is -2.29. The number of benzene rings is 1. The molecule has 26 heavy (non-hydrogen) atoms. The first kappa shape index (κ1) is 20.3. The summed E-state index contributed by atoms with van der Waals surface area (Å²) >= 11 is 0. The van der Waals surface area contributed by atoms with Crippen LogP contribution in [0.4, 0.5) is 4.79 Å². The highest BCUT2D eigenvalue weighted by molar-refractivity contribution is 5.82. The highest BCUT2D eigenvalue weighted by Crippen LogP contribution is 2.30. The van der Waals surface area contributed by atoms with Crippen LogP contribution in [0.15, 0.2) is 30.3 Å². The van der Waals surface area contributed by atoms with Crippen molar-refractivity contribution >= 4 is 12.1 Å². The zero-order valence-electron chi connectivity index (χ0n) is 16.7. The predicted molar refractivity (Wildman–Crippen MR) is 101 cm³/mol. The number of hydrogen-bond acceptors (Lipinski definition) is 4. The van der Waals surface area contributed by atoms with E-state index < -0.39 is 23.3 Å². The molecule has 2 rings (SSSR count). The largest absolute Gasteiger partial charge is 0.458 e. The molecule has 0 spiro atoms. The van der Waals surface area contributed by atoms with Crippen LogP contribution in [0.5, 0.6) is 0 Å². The number of esters is 1. The van der Waals surface area contributed by atoms with E-state index in [9.17, 15) is 9.59 Å². The second kappa shape index (κ2) is 7.68. The Bertz CT molecular complexity index is 592. The molecule has 0 bridgehead atoms. The van der Waals surface area contributed by atoms with E-state index in [1.54, 1.807) is 0 Å². The fourth-order valence-corrected chi connectivity index (χ4v) is 3.13. The maximum absolute atomic E-state index is 12.7. The van der Waals surface area contributed by atoms with Gasteiger partial charge in [-0.3, -0.25) is 4.90 Å². The average molecular weight is 361 g/mol. The molecule has 0 aromatic heterocycles. The van der Waals surface area contributed by atoms with Crippen molar-refractivity contribution in [2.24, 2.45) is 5.92 Å². The van der Waals surface area contributed by atoms with Gasteiger partial charge in [-0.25, -0.2) is 9.59 Å². The second-order valence-electron chi connectivity index (χ2n) is 8.97. The molecule has 5 heteroatoms. The molecule has 1 aromatic carbocycles. The van der Waals surface area contributed by atoms with Crippen molar-refractivity contribution in [1.29, 1.82) is 0 Å². The molecule has 144 valence electrons. The lowest BCUT2D eigenvalue weighted by atomic mass is 9.97. The Morgan fingerprint density at radius 3 is 2.12 bits per heavy atom. The standard InChI is InChI=1S/C21H31NO4/c1-20(2,3)25-18(23)17-13-16(12-15-10-8-7-9-11-15)14-22(17)19(24)26-21(4,5)6/h7-11,16-17H,12-14H2,1-6H3/t16-,17-/m0/s1. The van der Waals surface area contributed by atoms with Gasteiger partial charge < -0.3 is 9.47 Å². The number of carbonyl (C=O) groups excluding carboxylic acids is 2. The Balaban J connectivity index is 2.14. The topological polar surface area (TPSA) is 55.8 Å². The van der Waals surface area contributed by atoms with Crippen LogP contribution >= 0.6 is 0 Å². The van der Waals surface area contributed by atoms with Gasteiger partial charge in [0.05, 0.1) is 0 Å². The van der Waals surface area contributed by atoms with Crippen molar-refractivity contribution in [3.8, 4) is 0 Å². The van der Waals surface area contributed by atoms with Gasteiger partial charge in [0, 0.05) is 6.54 Å². The van der Waals surface area contributed by atoms with Gasteiger partial charge in [0.1, 0.15) is 17.2 Å². The van der Waals surface area contributed by atoms with Gasteiger partial charge in [-0.1, -0.05) is 30.3 Å². The quantitative estimate of drug-likeness (QED) is 0.757. The van der Waals surface area contributed by atoms with Crippen LogP contribution in [0, 0.1) is 5.92 Å². The molecule has 5 nitrogen and oxygen atoms in total. The number of nitrogens with zero attached hydrogens (tertiary/aromatic N) is 1. The molecule has 1 saturated heterocycles. The average Bonchev–Trinajstić information content (AvgIpc) is 2.89. The molecule has 1 fully saturated rings. The third-order valence-corrected chi connectivity index (χ3v) is 4.06. The highest BCUT2D eigenvalue weighted by Gasteiger charge is 2.43. The number of carbonyl (C=O) groups is 2. The summed E-state index contributed by atoms with van der Waals surface area (Å²) in [6, 6.07) is 9.52. The van der Waals surface area contributed by atoms with Gasteiger partial charge in [0.2, 0.25) is 0 Å². The van der Waals surface area contributed by atoms with Crippen molar-refractivity contribution in [3.05, 3.63) is 35.9 Å². The summed E-state index contributed by atoms with van der Waals surface area (Å²) in [5.41, 5.74) is 0.00727. The third kappa shape index (κ3) is 6.04. The number of rotatable bonds is 3. The summed E-state index contributed by atoms with van der Waals surface area (Å²) in [6.07, 6.45) is 0.951. The first-order valence-corrected chi connectivity index (χ1v) is 9.21. The summed E-state index contributed by atoms with van der Waals surface area (Å²) in [5, 5.41) is 0. The summed E-state index contributed by atoms with van der Waals surface area (Å²) in [4.78, 5) is 26.8.